The Hall–Kier alpha value is -2.15. The number of benzene rings is 1. The highest BCUT2D eigenvalue weighted by atomic mass is 32.2. The van der Waals surface area contributed by atoms with Gasteiger partial charge in [-0.15, -0.1) is 0 Å². The van der Waals surface area contributed by atoms with E-state index in [1.54, 1.807) is 45.2 Å². The van der Waals surface area contributed by atoms with Crippen LogP contribution in [0.15, 0.2) is 36.9 Å². The summed E-state index contributed by atoms with van der Waals surface area (Å²) >= 11 is 0. The number of carbonyl (C=O) groups is 2. The van der Waals surface area contributed by atoms with Gasteiger partial charge in [0.05, 0.1) is 11.7 Å². The summed E-state index contributed by atoms with van der Waals surface area (Å²) in [7, 11) is -1.61. The van der Waals surface area contributed by atoms with Crippen molar-refractivity contribution in [2.45, 2.75) is 31.6 Å². The minimum atomic E-state index is -3.22. The summed E-state index contributed by atoms with van der Waals surface area (Å²) in [6.07, 6.45) is 2.51. The van der Waals surface area contributed by atoms with E-state index in [1.165, 1.54) is 17.2 Å². The van der Waals surface area contributed by atoms with Crippen molar-refractivity contribution >= 4 is 27.3 Å². The second kappa shape index (κ2) is 8.10. The number of nitrogens with one attached hydrogen (secondary N) is 1. The van der Waals surface area contributed by atoms with Crippen LogP contribution in [0.4, 0.5) is 5.69 Å². The van der Waals surface area contributed by atoms with Crippen LogP contribution in [-0.2, 0) is 25.8 Å². The summed E-state index contributed by atoms with van der Waals surface area (Å²) < 4.78 is 23.3. The molecule has 132 valence electrons. The Morgan fingerprint density at radius 2 is 1.79 bits per heavy atom. The summed E-state index contributed by atoms with van der Waals surface area (Å²) in [6.45, 7) is 6.69. The van der Waals surface area contributed by atoms with Crippen molar-refractivity contribution in [1.82, 2.24) is 4.90 Å². The molecule has 0 spiro atoms. The van der Waals surface area contributed by atoms with Crippen LogP contribution in [0.2, 0.25) is 0 Å². The monoisotopic (exact) mass is 352 g/mol. The molecule has 7 heteroatoms. The third-order valence-corrected chi connectivity index (χ3v) is 5.87. The third-order valence-electron chi connectivity index (χ3n) is 4.12. The number of rotatable bonds is 7. The van der Waals surface area contributed by atoms with Gasteiger partial charge in [0.15, 0.2) is 9.84 Å². The number of amides is 2. The van der Waals surface area contributed by atoms with E-state index in [2.05, 4.69) is 11.9 Å². The van der Waals surface area contributed by atoms with E-state index in [9.17, 15) is 18.0 Å². The zero-order valence-corrected chi connectivity index (χ0v) is 15.3. The Morgan fingerprint density at radius 1 is 1.25 bits per heavy atom. The number of nitrogens with zero attached hydrogens (tertiary/aromatic N) is 1. The lowest BCUT2D eigenvalue weighted by Crippen LogP contribution is -2.45. The van der Waals surface area contributed by atoms with E-state index in [-0.39, 0.29) is 18.2 Å². The molecule has 0 saturated heterocycles. The van der Waals surface area contributed by atoms with Gasteiger partial charge < -0.3 is 10.2 Å². The fourth-order valence-corrected chi connectivity index (χ4v) is 3.00. The first-order chi connectivity index (χ1) is 11.1. The molecule has 0 saturated carbocycles. The molecule has 2 atom stereocenters. The molecule has 0 heterocycles. The average Bonchev–Trinajstić information content (AvgIpc) is 2.53. The second-order valence-corrected chi connectivity index (χ2v) is 8.25. The van der Waals surface area contributed by atoms with Gasteiger partial charge in [0.25, 0.3) is 0 Å². The van der Waals surface area contributed by atoms with Gasteiger partial charge in [0.2, 0.25) is 11.8 Å². The van der Waals surface area contributed by atoms with E-state index >= 15 is 0 Å². The number of hydrogen-bond donors (Lipinski definition) is 1. The summed E-state index contributed by atoms with van der Waals surface area (Å²) in [6, 6.07) is 6.47. The fraction of sp³-hybridized carbons (Fsp3) is 0.412. The highest BCUT2D eigenvalue weighted by Gasteiger charge is 2.27. The standard InChI is InChI=1S/C17H24N2O4S/c1-6-16(20)18-15-9-7-14(8-10-15)11-17(21)19(4)12(2)13(3)24(5,22)23/h6-10,12-13H,1,11H2,2-5H3,(H,18,20). The molecule has 24 heavy (non-hydrogen) atoms. The molecule has 1 rings (SSSR count). The number of sulfone groups is 1. The van der Waals surface area contributed by atoms with Gasteiger partial charge in [-0.3, -0.25) is 9.59 Å². The molecule has 2 unspecified atom stereocenters. The summed E-state index contributed by atoms with van der Waals surface area (Å²) in [4.78, 5) is 25.0. The molecule has 1 aromatic carbocycles. The lowest BCUT2D eigenvalue weighted by Gasteiger charge is -2.29. The van der Waals surface area contributed by atoms with Crippen LogP contribution in [-0.4, -0.2) is 49.7 Å². The van der Waals surface area contributed by atoms with Crippen molar-refractivity contribution in [3.63, 3.8) is 0 Å². The van der Waals surface area contributed by atoms with Crippen molar-refractivity contribution < 1.29 is 18.0 Å². The van der Waals surface area contributed by atoms with E-state index in [1.807, 2.05) is 0 Å². The van der Waals surface area contributed by atoms with Crippen molar-refractivity contribution in [2.75, 3.05) is 18.6 Å². The van der Waals surface area contributed by atoms with Gasteiger partial charge in [-0.1, -0.05) is 18.7 Å². The molecular weight excluding hydrogens is 328 g/mol. The number of hydrogen-bond acceptors (Lipinski definition) is 4. The minimum absolute atomic E-state index is 0.160. The van der Waals surface area contributed by atoms with Crippen molar-refractivity contribution in [1.29, 1.82) is 0 Å². The lowest BCUT2D eigenvalue weighted by molar-refractivity contribution is -0.130. The Balaban J connectivity index is 2.73. The van der Waals surface area contributed by atoms with Crippen molar-refractivity contribution in [3.05, 3.63) is 42.5 Å². The Bertz CT molecular complexity index is 711. The molecule has 2 amide bonds. The van der Waals surface area contributed by atoms with Gasteiger partial charge in [-0.2, -0.15) is 0 Å². The maximum atomic E-state index is 12.3. The van der Waals surface area contributed by atoms with Gasteiger partial charge in [-0.25, -0.2) is 8.42 Å². The van der Waals surface area contributed by atoms with Crippen molar-refractivity contribution in [3.8, 4) is 0 Å². The van der Waals surface area contributed by atoms with Gasteiger partial charge in [0.1, 0.15) is 0 Å². The molecule has 1 aromatic rings. The second-order valence-electron chi connectivity index (χ2n) is 5.85. The first-order valence-corrected chi connectivity index (χ1v) is 9.48. The average molecular weight is 352 g/mol. The van der Waals surface area contributed by atoms with Gasteiger partial charge >= 0.3 is 0 Å². The quantitative estimate of drug-likeness (QED) is 0.756. The Morgan fingerprint density at radius 3 is 2.25 bits per heavy atom. The summed E-state index contributed by atoms with van der Waals surface area (Å²) in [5.74, 6) is -0.469. The minimum Gasteiger partial charge on any atom is -0.341 e. The predicted octanol–water partition coefficient (Wildman–Crippen LogP) is 1.63. The molecule has 0 aliphatic rings. The van der Waals surface area contributed by atoms with E-state index in [4.69, 9.17) is 0 Å². The highest BCUT2D eigenvalue weighted by molar-refractivity contribution is 7.91. The number of anilines is 1. The fourth-order valence-electron chi connectivity index (χ4n) is 2.10. The Kier molecular flexibility index (Phi) is 6.71. The van der Waals surface area contributed by atoms with Gasteiger partial charge in [-0.05, 0) is 37.6 Å². The van der Waals surface area contributed by atoms with E-state index in [0.717, 1.165) is 5.56 Å². The van der Waals surface area contributed by atoms with Crippen LogP contribution in [0, 0.1) is 0 Å². The van der Waals surface area contributed by atoms with Gasteiger partial charge in [0, 0.05) is 25.0 Å². The largest absolute Gasteiger partial charge is 0.341 e. The molecule has 6 nitrogen and oxygen atoms in total. The smallest absolute Gasteiger partial charge is 0.247 e. The maximum absolute atomic E-state index is 12.3. The number of likely N-dealkylation sites (N-methyl/N-ethyl adjacent to an activating group) is 1. The third kappa shape index (κ3) is 5.49. The molecule has 1 N–H and O–H groups in total. The van der Waals surface area contributed by atoms with E-state index < -0.39 is 21.1 Å². The van der Waals surface area contributed by atoms with Crippen LogP contribution >= 0.6 is 0 Å². The van der Waals surface area contributed by atoms with Crippen LogP contribution in [0.1, 0.15) is 19.4 Å². The summed E-state index contributed by atoms with van der Waals surface area (Å²) in [5.41, 5.74) is 1.39. The lowest BCUT2D eigenvalue weighted by atomic mass is 10.1. The first kappa shape index (κ1) is 19.9. The normalized spacial score (nSPS) is 13.7. The molecule has 0 radical (unpaired) electrons. The molecule has 0 aliphatic carbocycles. The highest BCUT2D eigenvalue weighted by Crippen LogP contribution is 2.14. The molecule has 0 bridgehead atoms. The zero-order chi connectivity index (χ0) is 18.5. The zero-order valence-electron chi connectivity index (χ0n) is 14.4. The number of carbonyl (C=O) groups excluding carboxylic acids is 2. The van der Waals surface area contributed by atoms with Crippen LogP contribution in [0.3, 0.4) is 0 Å². The predicted molar refractivity (Wildman–Crippen MR) is 95.5 cm³/mol. The summed E-state index contributed by atoms with van der Waals surface area (Å²) in [5, 5.41) is 1.99. The van der Waals surface area contributed by atoms with Crippen LogP contribution < -0.4 is 5.32 Å². The van der Waals surface area contributed by atoms with Crippen LogP contribution in [0.5, 0.6) is 0 Å². The molecule has 0 fully saturated rings. The topological polar surface area (TPSA) is 83.6 Å². The van der Waals surface area contributed by atoms with Crippen LogP contribution in [0.25, 0.3) is 0 Å². The maximum Gasteiger partial charge on any atom is 0.247 e. The molecule has 0 aromatic heterocycles. The van der Waals surface area contributed by atoms with Crippen molar-refractivity contribution in [2.24, 2.45) is 0 Å². The SMILES string of the molecule is C=CC(=O)Nc1ccc(CC(=O)N(C)C(C)C(C)S(C)(=O)=O)cc1. The van der Waals surface area contributed by atoms with E-state index in [0.29, 0.717) is 5.69 Å². The molecule has 0 aliphatic heterocycles. The molecular formula is C17H24N2O4S. The first-order valence-electron chi connectivity index (χ1n) is 7.53. The Labute approximate surface area is 143 Å².